The third kappa shape index (κ3) is 3.94. The molecule has 0 unspecified atom stereocenters. The van der Waals surface area contributed by atoms with Crippen LogP contribution in [0.5, 0.6) is 0 Å². The fourth-order valence-electron chi connectivity index (χ4n) is 1.74. The maximum atomic E-state index is 8.76. The molecule has 0 amide bonds. The number of aliphatic hydroxyl groups excluding tert-OH is 1. The third-order valence-electron chi connectivity index (χ3n) is 2.64. The Kier molecular flexibility index (Phi) is 5.23. The SMILES string of the molecule is OCCC[As]c1nccc(N2CCNCC2)n1. The molecular weight excluding hydrogens is 279 g/mol. The molecule has 5 nitrogen and oxygen atoms in total. The summed E-state index contributed by atoms with van der Waals surface area (Å²) < 4.78 is 0.978. The van der Waals surface area contributed by atoms with Crippen LogP contribution in [-0.4, -0.2) is 63.6 Å². The van der Waals surface area contributed by atoms with E-state index in [9.17, 15) is 0 Å². The van der Waals surface area contributed by atoms with Gasteiger partial charge in [-0.2, -0.15) is 0 Å². The first kappa shape index (κ1) is 12.8. The topological polar surface area (TPSA) is 61.3 Å². The number of nitrogens with zero attached hydrogens (tertiary/aromatic N) is 3. The van der Waals surface area contributed by atoms with Gasteiger partial charge in [-0.15, -0.1) is 0 Å². The molecule has 1 aliphatic rings. The van der Waals surface area contributed by atoms with E-state index in [0.717, 1.165) is 48.2 Å². The van der Waals surface area contributed by atoms with Gasteiger partial charge in [0.25, 0.3) is 0 Å². The van der Waals surface area contributed by atoms with E-state index >= 15 is 0 Å². The van der Waals surface area contributed by atoms with Crippen LogP contribution in [0.4, 0.5) is 5.82 Å². The summed E-state index contributed by atoms with van der Waals surface area (Å²) in [6.45, 7) is 4.36. The van der Waals surface area contributed by atoms with E-state index in [1.807, 2.05) is 12.3 Å². The van der Waals surface area contributed by atoms with E-state index in [0.29, 0.717) is 0 Å². The number of nitrogens with one attached hydrogen (secondary N) is 1. The van der Waals surface area contributed by atoms with Crippen LogP contribution in [0.2, 0.25) is 5.21 Å². The molecule has 0 saturated carbocycles. The van der Waals surface area contributed by atoms with Gasteiger partial charge in [0.15, 0.2) is 0 Å². The normalized spacial score (nSPS) is 16.9. The van der Waals surface area contributed by atoms with Gasteiger partial charge in [-0.05, 0) is 0 Å². The monoisotopic (exact) mass is 297 g/mol. The molecule has 2 N–H and O–H groups in total. The first-order valence-electron chi connectivity index (χ1n) is 5.97. The van der Waals surface area contributed by atoms with Gasteiger partial charge in [-0.3, -0.25) is 0 Å². The van der Waals surface area contributed by atoms with E-state index in [-0.39, 0.29) is 22.4 Å². The number of hydrogen-bond acceptors (Lipinski definition) is 5. The summed E-state index contributed by atoms with van der Waals surface area (Å²) in [5.41, 5.74) is 0. The van der Waals surface area contributed by atoms with Crippen LogP contribution in [-0.2, 0) is 0 Å². The molecular formula is C11H18AsN4O. The number of piperazine rings is 1. The zero-order chi connectivity index (χ0) is 11.9. The predicted molar refractivity (Wildman–Crippen MR) is 69.0 cm³/mol. The number of hydrogen-bond donors (Lipinski definition) is 2. The molecule has 17 heavy (non-hydrogen) atoms. The van der Waals surface area contributed by atoms with E-state index in [1.165, 1.54) is 0 Å². The summed E-state index contributed by atoms with van der Waals surface area (Å²) in [7, 11) is 0. The van der Waals surface area contributed by atoms with Crippen molar-refractivity contribution < 1.29 is 5.11 Å². The molecule has 2 heterocycles. The molecule has 0 spiro atoms. The molecule has 1 saturated heterocycles. The first-order valence-corrected chi connectivity index (χ1v) is 8.24. The van der Waals surface area contributed by atoms with Gasteiger partial charge in [0, 0.05) is 0 Å². The number of aliphatic hydroxyl groups is 1. The van der Waals surface area contributed by atoms with Gasteiger partial charge in [-0.1, -0.05) is 0 Å². The Labute approximate surface area is 108 Å². The van der Waals surface area contributed by atoms with Crippen LogP contribution in [0.3, 0.4) is 0 Å². The summed E-state index contributed by atoms with van der Waals surface area (Å²) in [5.74, 6) is 1.05. The van der Waals surface area contributed by atoms with E-state index in [4.69, 9.17) is 5.11 Å². The quantitative estimate of drug-likeness (QED) is 0.540. The molecule has 1 aromatic heterocycles. The Hall–Kier alpha value is -0.642. The van der Waals surface area contributed by atoms with Crippen molar-refractivity contribution in [2.24, 2.45) is 0 Å². The molecule has 1 aliphatic heterocycles. The van der Waals surface area contributed by atoms with Gasteiger partial charge in [-0.25, -0.2) is 0 Å². The Bertz CT molecular complexity index is 344. The second kappa shape index (κ2) is 6.94. The van der Waals surface area contributed by atoms with Crippen molar-refractivity contribution in [1.29, 1.82) is 0 Å². The van der Waals surface area contributed by atoms with E-state index in [2.05, 4.69) is 20.2 Å². The van der Waals surface area contributed by atoms with Crippen molar-refractivity contribution in [1.82, 2.24) is 15.3 Å². The zero-order valence-electron chi connectivity index (χ0n) is 9.84. The fourth-order valence-corrected chi connectivity index (χ4v) is 3.46. The average Bonchev–Trinajstić information content (AvgIpc) is 2.41. The minimum atomic E-state index is 0.00290. The second-order valence-corrected chi connectivity index (χ2v) is 6.35. The van der Waals surface area contributed by atoms with Crippen LogP contribution in [0.1, 0.15) is 6.42 Å². The molecule has 0 aliphatic carbocycles. The van der Waals surface area contributed by atoms with E-state index < -0.39 is 0 Å². The first-order chi connectivity index (χ1) is 8.40. The van der Waals surface area contributed by atoms with Gasteiger partial charge < -0.3 is 0 Å². The fraction of sp³-hybridized carbons (Fsp3) is 0.636. The molecule has 1 radical (unpaired) electrons. The summed E-state index contributed by atoms with van der Waals surface area (Å²) in [5, 5.41) is 13.1. The van der Waals surface area contributed by atoms with Gasteiger partial charge in [0.05, 0.1) is 0 Å². The molecule has 6 heteroatoms. The summed E-state index contributed by atoms with van der Waals surface area (Å²) in [6.07, 6.45) is 2.72. The van der Waals surface area contributed by atoms with Gasteiger partial charge in [0.1, 0.15) is 0 Å². The Morgan fingerprint density at radius 2 is 2.24 bits per heavy atom. The van der Waals surface area contributed by atoms with Crippen LogP contribution in [0, 0.1) is 0 Å². The van der Waals surface area contributed by atoms with Crippen molar-refractivity contribution in [3.63, 3.8) is 0 Å². The summed E-state index contributed by atoms with van der Waals surface area (Å²) >= 11 is 0.00290. The second-order valence-electron chi connectivity index (χ2n) is 3.91. The minimum absolute atomic E-state index is 0.00290. The number of anilines is 1. The molecule has 93 valence electrons. The molecule has 0 aromatic carbocycles. The van der Waals surface area contributed by atoms with Crippen molar-refractivity contribution in [2.45, 2.75) is 11.6 Å². The molecule has 0 atom stereocenters. The predicted octanol–water partition coefficient (Wildman–Crippen LogP) is -0.984. The molecule has 0 bridgehead atoms. The standard InChI is InChI=1S/C11H18AsN4O/c17-9-1-3-12-11-14-4-2-10(15-11)16-7-5-13-6-8-16/h2,4,13,17H,1,3,5-9H2. The van der Waals surface area contributed by atoms with Crippen LogP contribution in [0.25, 0.3) is 0 Å². The van der Waals surface area contributed by atoms with Gasteiger partial charge >= 0.3 is 108 Å². The number of aromatic nitrogens is 2. The van der Waals surface area contributed by atoms with Crippen molar-refractivity contribution in [3.05, 3.63) is 12.3 Å². The molecule has 1 fully saturated rings. The summed E-state index contributed by atoms with van der Waals surface area (Å²) in [4.78, 5) is 11.2. The van der Waals surface area contributed by atoms with Crippen LogP contribution >= 0.6 is 0 Å². The van der Waals surface area contributed by atoms with E-state index in [1.54, 1.807) is 0 Å². The van der Waals surface area contributed by atoms with Gasteiger partial charge in [0.2, 0.25) is 0 Å². The molecule has 1 aromatic rings. The Morgan fingerprint density at radius 1 is 1.41 bits per heavy atom. The van der Waals surface area contributed by atoms with Crippen LogP contribution < -0.4 is 14.8 Å². The Balaban J connectivity index is 1.95. The summed E-state index contributed by atoms with van der Waals surface area (Å²) in [6, 6.07) is 1.99. The number of rotatable bonds is 5. The van der Waals surface area contributed by atoms with Crippen molar-refractivity contribution in [2.75, 3.05) is 37.7 Å². The van der Waals surface area contributed by atoms with Crippen LogP contribution in [0.15, 0.2) is 12.3 Å². The van der Waals surface area contributed by atoms with Crippen molar-refractivity contribution in [3.8, 4) is 0 Å². The Morgan fingerprint density at radius 3 is 3.00 bits per heavy atom. The average molecular weight is 297 g/mol. The molecule has 2 rings (SSSR count). The maximum absolute atomic E-state index is 8.76. The zero-order valence-corrected chi connectivity index (χ0v) is 11.7. The van der Waals surface area contributed by atoms with Crippen molar-refractivity contribution >= 4 is 26.2 Å². The third-order valence-corrected chi connectivity index (χ3v) is 4.82.